The molecule has 0 saturated carbocycles. The second-order valence-electron chi connectivity index (χ2n) is 5.30. The van der Waals surface area contributed by atoms with Crippen LogP contribution in [-0.4, -0.2) is 60.2 Å². The average Bonchev–Trinajstić information content (AvgIpc) is 2.64. The second-order valence-corrected chi connectivity index (χ2v) is 14.6. The van der Waals surface area contributed by atoms with Crippen LogP contribution in [0, 0.1) is 0 Å². The second kappa shape index (κ2) is 7.52. The molecule has 1 aliphatic heterocycles. The lowest BCUT2D eigenvalue weighted by Gasteiger charge is -2.12. The van der Waals surface area contributed by atoms with Crippen LogP contribution in [0.15, 0.2) is 0 Å². The molecule has 0 spiro atoms. The molecular formula is C9H19F3NO3S3Si+. The highest BCUT2D eigenvalue weighted by atomic mass is 32.2. The number of nitrogens with zero attached hydrogens (tertiary/aromatic N) is 1. The Labute approximate surface area is 127 Å². The lowest BCUT2D eigenvalue weighted by Crippen LogP contribution is -2.34. The monoisotopic (exact) mass is 370 g/mol. The van der Waals surface area contributed by atoms with Gasteiger partial charge >= 0.3 is 15.6 Å². The Kier molecular flexibility index (Phi) is 7.63. The first kappa shape index (κ1) is 20.3. The highest BCUT2D eigenvalue weighted by molar-refractivity contribution is 8.41. The predicted octanol–water partition coefficient (Wildman–Crippen LogP) is 2.74. The van der Waals surface area contributed by atoms with Gasteiger partial charge in [-0.25, -0.2) is 4.58 Å². The molecule has 0 atom stereocenters. The van der Waals surface area contributed by atoms with Crippen molar-refractivity contribution in [3.63, 3.8) is 0 Å². The van der Waals surface area contributed by atoms with E-state index in [9.17, 15) is 13.2 Å². The van der Waals surface area contributed by atoms with Crippen LogP contribution in [-0.2, 0) is 10.1 Å². The molecule has 1 saturated heterocycles. The minimum atomic E-state index is -5.84. The highest BCUT2D eigenvalue weighted by Crippen LogP contribution is 2.25. The van der Waals surface area contributed by atoms with E-state index in [4.69, 9.17) is 13.0 Å². The Morgan fingerprint density at radius 2 is 1.60 bits per heavy atom. The van der Waals surface area contributed by atoms with E-state index in [1.807, 2.05) is 23.5 Å². The van der Waals surface area contributed by atoms with Crippen molar-refractivity contribution in [2.24, 2.45) is 0 Å². The van der Waals surface area contributed by atoms with Gasteiger partial charge < -0.3 is 0 Å². The molecule has 0 aliphatic carbocycles. The van der Waals surface area contributed by atoms with Gasteiger partial charge in [-0.2, -0.15) is 21.6 Å². The molecule has 1 aliphatic rings. The van der Waals surface area contributed by atoms with Crippen molar-refractivity contribution in [2.45, 2.75) is 25.1 Å². The van der Waals surface area contributed by atoms with Gasteiger partial charge in [-0.05, 0) is 23.5 Å². The van der Waals surface area contributed by atoms with E-state index in [0.29, 0.717) is 0 Å². The van der Waals surface area contributed by atoms with Crippen LogP contribution < -0.4 is 0 Å². The Hall–Kier alpha value is 0.287. The molecule has 120 valence electrons. The standard InChI is InChI=1S/C8H18NS2Si.CHF3O3S/c1-9(7-12(2,3)4)8-10-5-6-11-8;2-1(3,4)8(5,6)7/h5-7H2,1-4H3;(H,5,6,7)/q+1;. The summed E-state index contributed by atoms with van der Waals surface area (Å²) in [5, 5.41) is 0. The molecule has 0 aromatic carbocycles. The zero-order chi connectivity index (χ0) is 16.2. The minimum absolute atomic E-state index is 0.909. The summed E-state index contributed by atoms with van der Waals surface area (Å²) in [4.78, 5) is 0. The summed E-state index contributed by atoms with van der Waals surface area (Å²) in [6.07, 6.45) is 1.29. The third kappa shape index (κ3) is 8.55. The van der Waals surface area contributed by atoms with Gasteiger partial charge in [0.25, 0.3) is 4.38 Å². The Morgan fingerprint density at radius 1 is 1.25 bits per heavy atom. The number of hydrogen-bond donors (Lipinski definition) is 1. The fraction of sp³-hybridized carbons (Fsp3) is 0.889. The first-order valence-corrected chi connectivity index (χ1v) is 12.7. The van der Waals surface area contributed by atoms with Crippen molar-refractivity contribution in [1.29, 1.82) is 0 Å². The van der Waals surface area contributed by atoms with Crippen molar-refractivity contribution in [1.82, 2.24) is 0 Å². The molecule has 0 aromatic heterocycles. The van der Waals surface area contributed by atoms with Crippen LogP contribution in [0.4, 0.5) is 13.2 Å². The van der Waals surface area contributed by atoms with Crippen LogP contribution in [0.2, 0.25) is 19.6 Å². The van der Waals surface area contributed by atoms with Crippen molar-refractivity contribution in [3.05, 3.63) is 0 Å². The van der Waals surface area contributed by atoms with Gasteiger partial charge in [0.05, 0.1) is 0 Å². The lowest BCUT2D eigenvalue weighted by atomic mass is 11.0. The molecule has 1 heterocycles. The molecular weight excluding hydrogens is 351 g/mol. The summed E-state index contributed by atoms with van der Waals surface area (Å²) in [6, 6.07) is 0. The average molecular weight is 371 g/mol. The summed E-state index contributed by atoms with van der Waals surface area (Å²) in [5.74, 6) is 2.60. The third-order valence-electron chi connectivity index (χ3n) is 1.85. The van der Waals surface area contributed by atoms with Crippen molar-refractivity contribution >= 4 is 46.1 Å². The van der Waals surface area contributed by atoms with Crippen LogP contribution in [0.25, 0.3) is 0 Å². The van der Waals surface area contributed by atoms with Crippen LogP contribution in [0.3, 0.4) is 0 Å². The van der Waals surface area contributed by atoms with E-state index in [2.05, 4.69) is 31.3 Å². The van der Waals surface area contributed by atoms with Crippen molar-refractivity contribution in [2.75, 3.05) is 24.7 Å². The molecule has 20 heavy (non-hydrogen) atoms. The SMILES string of the molecule is C[N+](C[Si](C)(C)C)=C1SCCS1.O=S(=O)(O)C(F)(F)F. The highest BCUT2D eigenvalue weighted by Gasteiger charge is 2.44. The summed E-state index contributed by atoms with van der Waals surface area (Å²) >= 11 is 4.04. The van der Waals surface area contributed by atoms with E-state index < -0.39 is 23.7 Å². The Balaban J connectivity index is 0.000000396. The van der Waals surface area contributed by atoms with Gasteiger partial charge in [0.1, 0.15) is 21.3 Å². The van der Waals surface area contributed by atoms with Crippen LogP contribution in [0.1, 0.15) is 0 Å². The molecule has 0 radical (unpaired) electrons. The number of alkyl halides is 3. The maximum atomic E-state index is 10.7. The molecule has 0 bridgehead atoms. The van der Waals surface area contributed by atoms with E-state index in [1.54, 1.807) is 0 Å². The molecule has 1 rings (SSSR count). The lowest BCUT2D eigenvalue weighted by molar-refractivity contribution is -0.474. The van der Waals surface area contributed by atoms with Gasteiger partial charge in [0, 0.05) is 11.5 Å². The zero-order valence-corrected chi connectivity index (χ0v) is 15.1. The summed E-state index contributed by atoms with van der Waals surface area (Å²) in [7, 11) is -4.51. The zero-order valence-electron chi connectivity index (χ0n) is 11.7. The third-order valence-corrected chi connectivity index (χ3v) is 6.76. The molecule has 0 amide bonds. The first-order valence-electron chi connectivity index (χ1n) is 5.61. The fourth-order valence-electron chi connectivity index (χ4n) is 1.30. The number of rotatable bonds is 2. The summed E-state index contributed by atoms with van der Waals surface area (Å²) < 4.78 is 61.5. The first-order chi connectivity index (χ1) is 8.74. The number of halogens is 3. The molecule has 0 unspecified atom stereocenters. The van der Waals surface area contributed by atoms with Gasteiger partial charge in [-0.3, -0.25) is 4.55 Å². The Bertz CT molecular complexity index is 449. The molecule has 0 aromatic rings. The van der Waals surface area contributed by atoms with Gasteiger partial charge in [-0.15, -0.1) is 0 Å². The predicted molar refractivity (Wildman–Crippen MR) is 81.9 cm³/mol. The van der Waals surface area contributed by atoms with E-state index >= 15 is 0 Å². The maximum absolute atomic E-state index is 10.7. The molecule has 1 N–H and O–H groups in total. The minimum Gasteiger partial charge on any atom is -0.279 e. The van der Waals surface area contributed by atoms with Crippen LogP contribution in [0.5, 0.6) is 0 Å². The summed E-state index contributed by atoms with van der Waals surface area (Å²) in [6.45, 7) is 7.27. The van der Waals surface area contributed by atoms with E-state index in [1.165, 1.54) is 22.0 Å². The largest absolute Gasteiger partial charge is 0.522 e. The van der Waals surface area contributed by atoms with Gasteiger partial charge in [-0.1, -0.05) is 19.6 Å². The molecule has 1 fully saturated rings. The fourth-order valence-corrected chi connectivity index (χ4v) is 5.53. The summed E-state index contributed by atoms with van der Waals surface area (Å²) in [5.41, 5.74) is -5.53. The van der Waals surface area contributed by atoms with Gasteiger partial charge in [0.2, 0.25) is 0 Å². The quantitative estimate of drug-likeness (QED) is 0.351. The van der Waals surface area contributed by atoms with Crippen molar-refractivity contribution < 1.29 is 30.7 Å². The maximum Gasteiger partial charge on any atom is 0.522 e. The number of thioether (sulfide) groups is 2. The normalized spacial score (nSPS) is 16.7. The molecule has 11 heteroatoms. The number of hydrogen-bond acceptors (Lipinski definition) is 4. The van der Waals surface area contributed by atoms with Crippen molar-refractivity contribution in [3.8, 4) is 0 Å². The molecule has 4 nitrogen and oxygen atoms in total. The smallest absolute Gasteiger partial charge is 0.279 e. The Morgan fingerprint density at radius 3 is 1.85 bits per heavy atom. The van der Waals surface area contributed by atoms with Gasteiger partial charge in [0.15, 0.2) is 0 Å². The van der Waals surface area contributed by atoms with Crippen LogP contribution >= 0.6 is 23.5 Å². The van der Waals surface area contributed by atoms with E-state index in [0.717, 1.165) is 0 Å². The van der Waals surface area contributed by atoms with E-state index in [-0.39, 0.29) is 0 Å². The topological polar surface area (TPSA) is 57.4 Å².